The summed E-state index contributed by atoms with van der Waals surface area (Å²) >= 11 is 5.02. The van der Waals surface area contributed by atoms with E-state index in [-0.39, 0.29) is 5.41 Å². The van der Waals surface area contributed by atoms with Gasteiger partial charge < -0.3 is 19.9 Å². The fourth-order valence-electron chi connectivity index (χ4n) is 2.67. The van der Waals surface area contributed by atoms with E-state index in [0.29, 0.717) is 29.7 Å². The van der Waals surface area contributed by atoms with Crippen LogP contribution in [-0.4, -0.2) is 25.3 Å². The van der Waals surface area contributed by atoms with Crippen LogP contribution in [0, 0.1) is 6.92 Å². The largest absolute Gasteiger partial charge is 0.493 e. The highest BCUT2D eigenvalue weighted by Crippen LogP contribution is 2.34. The number of hydrogen-bond donors (Lipinski definition) is 1. The summed E-state index contributed by atoms with van der Waals surface area (Å²) in [5.74, 6) is 2.16. The highest BCUT2D eigenvalue weighted by molar-refractivity contribution is 7.80. The van der Waals surface area contributed by atoms with Crippen molar-refractivity contribution in [1.29, 1.82) is 0 Å². The van der Waals surface area contributed by atoms with E-state index in [1.54, 1.807) is 19.2 Å². The molecule has 0 aromatic heterocycles. The van der Waals surface area contributed by atoms with Crippen molar-refractivity contribution in [3.8, 4) is 17.2 Å². The van der Waals surface area contributed by atoms with Crippen LogP contribution in [0.5, 0.6) is 17.2 Å². The van der Waals surface area contributed by atoms with Gasteiger partial charge in [0.15, 0.2) is 11.5 Å². The van der Waals surface area contributed by atoms with Gasteiger partial charge in [0.2, 0.25) is 0 Å². The van der Waals surface area contributed by atoms with Crippen LogP contribution in [0.1, 0.15) is 37.5 Å². The van der Waals surface area contributed by atoms with Gasteiger partial charge >= 0.3 is 0 Å². The van der Waals surface area contributed by atoms with Crippen LogP contribution in [0.3, 0.4) is 0 Å². The van der Waals surface area contributed by atoms with Crippen molar-refractivity contribution in [2.45, 2.75) is 33.1 Å². The molecule has 4 nitrogen and oxygen atoms in total. The van der Waals surface area contributed by atoms with Crippen LogP contribution >= 0.6 is 12.2 Å². The molecule has 0 saturated heterocycles. The van der Waals surface area contributed by atoms with E-state index in [1.165, 1.54) is 5.56 Å². The molecule has 0 unspecified atom stereocenters. The number of rotatable bonds is 7. The summed E-state index contributed by atoms with van der Waals surface area (Å²) in [6, 6.07) is 11.6. The van der Waals surface area contributed by atoms with Crippen molar-refractivity contribution in [2.24, 2.45) is 5.73 Å². The average molecular weight is 374 g/mol. The second-order valence-electron chi connectivity index (χ2n) is 7.13. The molecule has 0 heterocycles. The van der Waals surface area contributed by atoms with Gasteiger partial charge in [-0.1, -0.05) is 51.2 Å². The van der Waals surface area contributed by atoms with Gasteiger partial charge in [-0.05, 0) is 41.7 Å². The zero-order valence-corrected chi connectivity index (χ0v) is 16.9. The molecule has 0 aliphatic heterocycles. The Hall–Kier alpha value is -2.27. The molecule has 0 aliphatic carbocycles. The number of benzene rings is 2. The zero-order valence-electron chi connectivity index (χ0n) is 16.1. The van der Waals surface area contributed by atoms with Crippen LogP contribution in [0.15, 0.2) is 36.4 Å². The Bertz CT molecular complexity index is 781. The van der Waals surface area contributed by atoms with Gasteiger partial charge in [-0.15, -0.1) is 0 Å². The van der Waals surface area contributed by atoms with Gasteiger partial charge in [0.1, 0.15) is 24.0 Å². The summed E-state index contributed by atoms with van der Waals surface area (Å²) in [5, 5.41) is 0. The Morgan fingerprint density at radius 1 is 1.04 bits per heavy atom. The Balaban J connectivity index is 2.06. The molecule has 0 amide bonds. The molecule has 2 N–H and O–H groups in total. The first-order valence-electron chi connectivity index (χ1n) is 8.57. The first-order valence-corrected chi connectivity index (χ1v) is 8.98. The third-order valence-corrected chi connectivity index (χ3v) is 4.29. The number of aryl methyl sites for hydroxylation is 1. The topological polar surface area (TPSA) is 53.7 Å². The van der Waals surface area contributed by atoms with Crippen molar-refractivity contribution < 1.29 is 14.2 Å². The SMILES string of the molecule is COc1ccc(C(N)=S)cc1OCCOc1c(C)cccc1C(C)(C)C. The van der Waals surface area contributed by atoms with E-state index >= 15 is 0 Å². The number of nitrogens with two attached hydrogens (primary N) is 1. The molecule has 0 aliphatic rings. The third-order valence-electron chi connectivity index (χ3n) is 4.06. The predicted octanol–water partition coefficient (Wildman–Crippen LogP) is 4.39. The molecule has 5 heteroatoms. The number of hydrogen-bond acceptors (Lipinski definition) is 4. The second kappa shape index (κ2) is 8.41. The van der Waals surface area contributed by atoms with Crippen molar-refractivity contribution in [2.75, 3.05) is 20.3 Å². The number of methoxy groups -OCH3 is 1. The van der Waals surface area contributed by atoms with Crippen LogP contribution in [-0.2, 0) is 5.41 Å². The van der Waals surface area contributed by atoms with Gasteiger partial charge in [0, 0.05) is 5.56 Å². The highest BCUT2D eigenvalue weighted by Gasteiger charge is 2.20. The van der Waals surface area contributed by atoms with E-state index in [1.807, 2.05) is 6.07 Å². The summed E-state index contributed by atoms with van der Waals surface area (Å²) in [5.41, 5.74) is 8.74. The maximum Gasteiger partial charge on any atom is 0.162 e. The second-order valence-corrected chi connectivity index (χ2v) is 7.57. The molecule has 140 valence electrons. The Morgan fingerprint density at radius 3 is 2.35 bits per heavy atom. The van der Waals surface area contributed by atoms with E-state index in [9.17, 15) is 0 Å². The maximum absolute atomic E-state index is 6.05. The molecule has 0 radical (unpaired) electrons. The minimum atomic E-state index is 0.0105. The molecule has 2 aromatic rings. The van der Waals surface area contributed by atoms with Gasteiger partial charge in [-0.2, -0.15) is 0 Å². The summed E-state index contributed by atoms with van der Waals surface area (Å²) in [4.78, 5) is 0.323. The average Bonchev–Trinajstić information content (AvgIpc) is 2.58. The zero-order chi connectivity index (χ0) is 19.3. The summed E-state index contributed by atoms with van der Waals surface area (Å²) < 4.78 is 17.2. The van der Waals surface area contributed by atoms with Crippen LogP contribution in [0.4, 0.5) is 0 Å². The molecule has 26 heavy (non-hydrogen) atoms. The number of ether oxygens (including phenoxy) is 3. The molecule has 0 atom stereocenters. The molecule has 2 aromatic carbocycles. The lowest BCUT2D eigenvalue weighted by Crippen LogP contribution is -2.17. The molecule has 0 saturated carbocycles. The Kier molecular flexibility index (Phi) is 6.48. The van der Waals surface area contributed by atoms with Crippen LogP contribution in [0.25, 0.3) is 0 Å². The maximum atomic E-state index is 6.05. The third kappa shape index (κ3) is 4.88. The van der Waals surface area contributed by atoms with E-state index in [0.717, 1.165) is 16.9 Å². The predicted molar refractivity (Wildman–Crippen MR) is 110 cm³/mol. The van der Waals surface area contributed by atoms with Gasteiger partial charge in [-0.25, -0.2) is 0 Å². The Morgan fingerprint density at radius 2 is 1.73 bits per heavy atom. The number of para-hydroxylation sites is 1. The van der Waals surface area contributed by atoms with E-state index < -0.39 is 0 Å². The molecular weight excluding hydrogens is 346 g/mol. The minimum Gasteiger partial charge on any atom is -0.493 e. The summed E-state index contributed by atoms with van der Waals surface area (Å²) in [6.07, 6.45) is 0. The van der Waals surface area contributed by atoms with Crippen LogP contribution < -0.4 is 19.9 Å². The molecule has 0 spiro atoms. The minimum absolute atomic E-state index is 0.0105. The monoisotopic (exact) mass is 373 g/mol. The fraction of sp³-hybridized carbons (Fsp3) is 0.381. The highest BCUT2D eigenvalue weighted by atomic mass is 32.1. The van der Waals surface area contributed by atoms with Crippen LogP contribution in [0.2, 0.25) is 0 Å². The fourth-order valence-corrected chi connectivity index (χ4v) is 2.80. The lowest BCUT2D eigenvalue weighted by atomic mass is 9.85. The molecule has 0 fully saturated rings. The van der Waals surface area contributed by atoms with Crippen molar-refractivity contribution in [3.63, 3.8) is 0 Å². The smallest absolute Gasteiger partial charge is 0.162 e. The Labute approximate surface area is 161 Å². The van der Waals surface area contributed by atoms with Gasteiger partial charge in [0.25, 0.3) is 0 Å². The number of thiocarbonyl (C=S) groups is 1. The van der Waals surface area contributed by atoms with Gasteiger partial charge in [-0.3, -0.25) is 0 Å². The van der Waals surface area contributed by atoms with E-state index in [2.05, 4.69) is 45.9 Å². The van der Waals surface area contributed by atoms with Crippen molar-refractivity contribution in [3.05, 3.63) is 53.1 Å². The lowest BCUT2D eigenvalue weighted by molar-refractivity contribution is 0.208. The van der Waals surface area contributed by atoms with Gasteiger partial charge in [0.05, 0.1) is 7.11 Å². The first kappa shape index (κ1) is 20.0. The van der Waals surface area contributed by atoms with Crippen molar-refractivity contribution >= 4 is 17.2 Å². The summed E-state index contributed by atoms with van der Waals surface area (Å²) in [6.45, 7) is 9.40. The van der Waals surface area contributed by atoms with Crippen molar-refractivity contribution in [1.82, 2.24) is 0 Å². The summed E-state index contributed by atoms with van der Waals surface area (Å²) in [7, 11) is 1.60. The quantitative estimate of drug-likeness (QED) is 0.576. The molecule has 2 rings (SSSR count). The molecular formula is C21H27NO3S. The van der Waals surface area contributed by atoms with E-state index in [4.69, 9.17) is 32.2 Å². The standard InChI is InChI=1S/C21H27NO3S/c1-14-7-6-8-16(21(2,3)4)19(14)25-12-11-24-18-13-15(20(22)26)9-10-17(18)23-5/h6-10,13H,11-12H2,1-5H3,(H2,22,26). The molecule has 0 bridgehead atoms. The lowest BCUT2D eigenvalue weighted by Gasteiger charge is -2.24. The first-order chi connectivity index (χ1) is 12.2. The normalized spacial score (nSPS) is 11.1.